The van der Waals surface area contributed by atoms with E-state index in [-0.39, 0.29) is 24.3 Å². The van der Waals surface area contributed by atoms with Crippen LogP contribution in [0.25, 0.3) is 6.08 Å². The fourth-order valence-corrected chi connectivity index (χ4v) is 3.79. The first kappa shape index (κ1) is 31.9. The molecule has 8 heteroatoms. The average Bonchev–Trinajstić information content (AvgIpc) is 2.87. The minimum atomic E-state index is -0.805. The molecule has 0 heterocycles. The lowest BCUT2D eigenvalue weighted by Gasteiger charge is -2.27. The topological polar surface area (TPSA) is 100 Å². The summed E-state index contributed by atoms with van der Waals surface area (Å²) in [4.78, 5) is 44.8. The SMILES string of the molecule is CCOC(=O)C(C)NC(=O)C(NC(=O)C(N=C/C=C/c1ccc(N(CC)CC)cc1)C(C)C)C(C)CC. The standard InChI is InChI=1S/C29H46N4O4/c1-9-21(7)26(28(35)31-22(8)29(36)37-12-4)32-27(34)25(20(5)6)30-19-13-14-23-15-17-24(18-16-23)33(10-2)11-3/h13-22,25-26H,9-12H2,1-8H3,(H,31,35)(H,32,34)/b14-13+,30-19?. The van der Waals surface area contributed by atoms with Crippen molar-refractivity contribution < 1.29 is 19.1 Å². The largest absolute Gasteiger partial charge is 0.464 e. The lowest BCUT2D eigenvalue weighted by atomic mass is 9.96. The third-order valence-corrected chi connectivity index (χ3v) is 6.34. The molecular formula is C29H46N4O4. The monoisotopic (exact) mass is 514 g/mol. The highest BCUT2D eigenvalue weighted by molar-refractivity contribution is 5.93. The Balaban J connectivity index is 2.90. The van der Waals surface area contributed by atoms with Crippen LogP contribution < -0.4 is 15.5 Å². The molecule has 37 heavy (non-hydrogen) atoms. The van der Waals surface area contributed by atoms with Gasteiger partial charge in [-0.05, 0) is 63.3 Å². The van der Waals surface area contributed by atoms with Gasteiger partial charge in [0.2, 0.25) is 11.8 Å². The van der Waals surface area contributed by atoms with E-state index in [1.54, 1.807) is 20.1 Å². The van der Waals surface area contributed by atoms with Crippen LogP contribution in [0.15, 0.2) is 35.3 Å². The van der Waals surface area contributed by atoms with Crippen LogP contribution in [0.4, 0.5) is 5.69 Å². The van der Waals surface area contributed by atoms with Crippen LogP contribution in [0.2, 0.25) is 0 Å². The molecular weight excluding hydrogens is 468 g/mol. The zero-order valence-corrected chi connectivity index (χ0v) is 23.8. The highest BCUT2D eigenvalue weighted by atomic mass is 16.5. The number of anilines is 1. The first-order valence-electron chi connectivity index (χ1n) is 13.4. The molecule has 4 unspecified atom stereocenters. The lowest BCUT2D eigenvalue weighted by molar-refractivity contribution is -0.147. The Morgan fingerprint density at radius 1 is 0.946 bits per heavy atom. The van der Waals surface area contributed by atoms with Crippen molar-refractivity contribution in [3.63, 3.8) is 0 Å². The maximum Gasteiger partial charge on any atom is 0.328 e. The van der Waals surface area contributed by atoms with Crippen LogP contribution in [0.1, 0.15) is 67.4 Å². The number of esters is 1. The van der Waals surface area contributed by atoms with Crippen molar-refractivity contribution in [3.05, 3.63) is 35.9 Å². The predicted octanol–water partition coefficient (Wildman–Crippen LogP) is 4.24. The normalized spacial score (nSPS) is 14.8. The van der Waals surface area contributed by atoms with Crippen LogP contribution in [0.5, 0.6) is 0 Å². The summed E-state index contributed by atoms with van der Waals surface area (Å²) < 4.78 is 4.97. The number of hydrogen-bond acceptors (Lipinski definition) is 6. The van der Waals surface area contributed by atoms with Crippen molar-refractivity contribution in [2.75, 3.05) is 24.6 Å². The summed E-state index contributed by atoms with van der Waals surface area (Å²) in [5.74, 6) is -1.45. The lowest BCUT2D eigenvalue weighted by Crippen LogP contribution is -2.55. The Kier molecular flexibility index (Phi) is 14.3. The number of carbonyl (C=O) groups excluding carboxylic acids is 3. The van der Waals surface area contributed by atoms with Gasteiger partial charge in [0.1, 0.15) is 18.1 Å². The Hall–Kier alpha value is -3.16. The van der Waals surface area contributed by atoms with Gasteiger partial charge < -0.3 is 20.3 Å². The van der Waals surface area contributed by atoms with E-state index in [1.165, 1.54) is 5.69 Å². The van der Waals surface area contributed by atoms with Gasteiger partial charge in [-0.1, -0.05) is 52.3 Å². The van der Waals surface area contributed by atoms with Gasteiger partial charge in [-0.15, -0.1) is 0 Å². The van der Waals surface area contributed by atoms with E-state index in [0.29, 0.717) is 6.42 Å². The average molecular weight is 515 g/mol. The van der Waals surface area contributed by atoms with Crippen LogP contribution in [-0.2, 0) is 19.1 Å². The van der Waals surface area contributed by atoms with Crippen LogP contribution >= 0.6 is 0 Å². The molecule has 0 saturated carbocycles. The summed E-state index contributed by atoms with van der Waals surface area (Å²) in [6.45, 7) is 17.4. The van der Waals surface area contributed by atoms with Gasteiger partial charge in [0.05, 0.1) is 6.61 Å². The van der Waals surface area contributed by atoms with E-state index in [4.69, 9.17) is 4.74 Å². The van der Waals surface area contributed by atoms with Gasteiger partial charge in [-0.3, -0.25) is 14.6 Å². The molecule has 0 aliphatic carbocycles. The number of nitrogens with zero attached hydrogens (tertiary/aromatic N) is 2. The van der Waals surface area contributed by atoms with Gasteiger partial charge >= 0.3 is 5.97 Å². The molecule has 1 rings (SSSR count). The second-order valence-corrected chi connectivity index (χ2v) is 9.46. The van der Waals surface area contributed by atoms with Crippen LogP contribution in [0.3, 0.4) is 0 Å². The van der Waals surface area contributed by atoms with Gasteiger partial charge in [0, 0.05) is 25.0 Å². The molecule has 0 radical (unpaired) electrons. The number of carbonyl (C=O) groups is 3. The quantitative estimate of drug-likeness (QED) is 0.269. The first-order valence-corrected chi connectivity index (χ1v) is 13.4. The molecule has 2 N–H and O–H groups in total. The fourth-order valence-electron chi connectivity index (χ4n) is 3.79. The smallest absolute Gasteiger partial charge is 0.328 e. The maximum atomic E-state index is 13.1. The molecule has 0 aliphatic heterocycles. The van der Waals surface area contributed by atoms with Crippen molar-refractivity contribution in [2.45, 2.75) is 79.9 Å². The van der Waals surface area contributed by atoms with Crippen LogP contribution in [0, 0.1) is 11.8 Å². The van der Waals surface area contributed by atoms with Crippen molar-refractivity contribution in [3.8, 4) is 0 Å². The van der Waals surface area contributed by atoms with Crippen molar-refractivity contribution in [1.82, 2.24) is 10.6 Å². The minimum absolute atomic E-state index is 0.0721. The summed E-state index contributed by atoms with van der Waals surface area (Å²) in [6.07, 6.45) is 6.06. The Morgan fingerprint density at radius 3 is 2.08 bits per heavy atom. The number of amides is 2. The third-order valence-electron chi connectivity index (χ3n) is 6.34. The van der Waals surface area contributed by atoms with E-state index in [9.17, 15) is 14.4 Å². The first-order chi connectivity index (χ1) is 17.6. The van der Waals surface area contributed by atoms with E-state index in [2.05, 4.69) is 58.6 Å². The van der Waals surface area contributed by atoms with E-state index < -0.39 is 30.0 Å². The molecule has 0 spiro atoms. The van der Waals surface area contributed by atoms with E-state index in [1.807, 2.05) is 39.8 Å². The molecule has 0 bridgehead atoms. The zero-order chi connectivity index (χ0) is 28.0. The number of allylic oxidation sites excluding steroid dienone is 1. The van der Waals surface area contributed by atoms with Gasteiger partial charge in [-0.2, -0.15) is 0 Å². The number of rotatable bonds is 15. The Labute approximate surface area is 222 Å². The molecule has 1 aromatic carbocycles. The molecule has 206 valence electrons. The summed E-state index contributed by atoms with van der Waals surface area (Å²) in [7, 11) is 0. The highest BCUT2D eigenvalue weighted by Gasteiger charge is 2.31. The van der Waals surface area contributed by atoms with Gasteiger partial charge in [0.25, 0.3) is 0 Å². The van der Waals surface area contributed by atoms with Gasteiger partial charge in [-0.25, -0.2) is 4.79 Å². The van der Waals surface area contributed by atoms with Crippen molar-refractivity contribution in [1.29, 1.82) is 0 Å². The molecule has 1 aromatic rings. The Bertz CT molecular complexity index is 907. The molecule has 0 saturated heterocycles. The summed E-state index contributed by atoms with van der Waals surface area (Å²) in [5, 5.41) is 5.53. The number of ether oxygens (including phenoxy) is 1. The maximum absolute atomic E-state index is 13.1. The molecule has 0 aliphatic rings. The van der Waals surface area contributed by atoms with Crippen molar-refractivity contribution >= 4 is 35.8 Å². The van der Waals surface area contributed by atoms with Crippen molar-refractivity contribution in [2.24, 2.45) is 16.8 Å². The summed E-state index contributed by atoms with van der Waals surface area (Å²) >= 11 is 0. The van der Waals surface area contributed by atoms with E-state index >= 15 is 0 Å². The van der Waals surface area contributed by atoms with Crippen LogP contribution in [-0.4, -0.2) is 61.8 Å². The molecule has 0 aromatic heterocycles. The van der Waals surface area contributed by atoms with Gasteiger partial charge in [0.15, 0.2) is 0 Å². The summed E-state index contributed by atoms with van der Waals surface area (Å²) in [5.41, 5.74) is 2.22. The number of nitrogens with one attached hydrogen (secondary N) is 2. The second-order valence-electron chi connectivity index (χ2n) is 9.46. The van der Waals surface area contributed by atoms with E-state index in [0.717, 1.165) is 18.7 Å². The summed E-state index contributed by atoms with van der Waals surface area (Å²) in [6, 6.07) is 6.05. The number of aliphatic imine (C=N–C) groups is 1. The molecule has 2 amide bonds. The minimum Gasteiger partial charge on any atom is -0.464 e. The second kappa shape index (κ2) is 16.6. The third kappa shape index (κ3) is 10.4. The molecule has 4 atom stereocenters. The predicted molar refractivity (Wildman–Crippen MR) is 152 cm³/mol. The zero-order valence-electron chi connectivity index (χ0n) is 23.8. The highest BCUT2D eigenvalue weighted by Crippen LogP contribution is 2.16. The number of hydrogen-bond donors (Lipinski definition) is 2. The fraction of sp³-hybridized carbons (Fsp3) is 0.586. The number of benzene rings is 1. The molecule has 0 fully saturated rings. The Morgan fingerprint density at radius 2 is 1.57 bits per heavy atom. The molecule has 8 nitrogen and oxygen atoms in total.